The molecule has 0 aliphatic heterocycles. The molecule has 0 aliphatic rings. The van der Waals surface area contributed by atoms with Crippen LogP contribution < -0.4 is 5.32 Å². The van der Waals surface area contributed by atoms with E-state index in [-0.39, 0.29) is 6.04 Å². The van der Waals surface area contributed by atoms with Crippen LogP contribution in [0.1, 0.15) is 17.3 Å². The van der Waals surface area contributed by atoms with Gasteiger partial charge in [0.25, 0.3) is 0 Å². The summed E-state index contributed by atoms with van der Waals surface area (Å²) in [7, 11) is 3.82. The highest BCUT2D eigenvalue weighted by atomic mass is 16.3. The molecule has 14 heavy (non-hydrogen) atoms. The van der Waals surface area contributed by atoms with Crippen LogP contribution in [-0.4, -0.2) is 16.8 Å². The minimum Gasteiger partial charge on any atom is -0.472 e. The molecule has 0 aliphatic carbocycles. The highest BCUT2D eigenvalue weighted by Crippen LogP contribution is 2.19. The summed E-state index contributed by atoms with van der Waals surface area (Å²) in [4.78, 5) is 0. The highest BCUT2D eigenvalue weighted by molar-refractivity contribution is 5.22. The summed E-state index contributed by atoms with van der Waals surface area (Å²) in [6, 6.07) is 4.04. The number of furan rings is 1. The fourth-order valence-electron chi connectivity index (χ4n) is 1.51. The molecular weight excluding hydrogens is 178 g/mol. The van der Waals surface area contributed by atoms with Crippen molar-refractivity contribution in [3.63, 3.8) is 0 Å². The van der Waals surface area contributed by atoms with Crippen LogP contribution in [0.5, 0.6) is 0 Å². The Labute approximate surface area is 82.5 Å². The minimum atomic E-state index is 0.106. The summed E-state index contributed by atoms with van der Waals surface area (Å²) in [6.07, 6.45) is 5.33. The second kappa shape index (κ2) is 3.67. The largest absolute Gasteiger partial charge is 0.472 e. The van der Waals surface area contributed by atoms with E-state index in [1.807, 2.05) is 32.4 Å². The normalized spacial score (nSPS) is 13.0. The van der Waals surface area contributed by atoms with Gasteiger partial charge in [0.2, 0.25) is 0 Å². The van der Waals surface area contributed by atoms with Crippen molar-refractivity contribution in [1.29, 1.82) is 0 Å². The monoisotopic (exact) mass is 191 g/mol. The summed E-state index contributed by atoms with van der Waals surface area (Å²) in [5.41, 5.74) is 2.09. The molecule has 2 aromatic heterocycles. The summed E-state index contributed by atoms with van der Waals surface area (Å²) in [5.74, 6) is 0. The van der Waals surface area contributed by atoms with Crippen LogP contribution in [0.25, 0.3) is 0 Å². The summed E-state index contributed by atoms with van der Waals surface area (Å²) in [6.45, 7) is 0. The van der Waals surface area contributed by atoms with Gasteiger partial charge in [0, 0.05) is 18.8 Å². The van der Waals surface area contributed by atoms with Gasteiger partial charge in [-0.3, -0.25) is 4.68 Å². The van der Waals surface area contributed by atoms with Gasteiger partial charge in [-0.05, 0) is 19.2 Å². The maximum atomic E-state index is 5.05. The predicted molar refractivity (Wildman–Crippen MR) is 52.8 cm³/mol. The van der Waals surface area contributed by atoms with Crippen LogP contribution in [0.3, 0.4) is 0 Å². The third-order valence-electron chi connectivity index (χ3n) is 2.20. The van der Waals surface area contributed by atoms with E-state index >= 15 is 0 Å². The summed E-state index contributed by atoms with van der Waals surface area (Å²) >= 11 is 0. The molecule has 0 spiro atoms. The van der Waals surface area contributed by atoms with Gasteiger partial charge in [-0.25, -0.2) is 0 Å². The van der Waals surface area contributed by atoms with E-state index < -0.39 is 0 Å². The molecular formula is C10H13N3O. The third kappa shape index (κ3) is 1.56. The minimum absolute atomic E-state index is 0.106. The lowest BCUT2D eigenvalue weighted by molar-refractivity contribution is 0.555. The van der Waals surface area contributed by atoms with Crippen LogP contribution >= 0.6 is 0 Å². The number of hydrogen-bond acceptors (Lipinski definition) is 3. The van der Waals surface area contributed by atoms with E-state index in [1.54, 1.807) is 17.2 Å². The van der Waals surface area contributed by atoms with Gasteiger partial charge in [-0.15, -0.1) is 0 Å². The van der Waals surface area contributed by atoms with Gasteiger partial charge >= 0.3 is 0 Å². The molecule has 2 aromatic rings. The standard InChI is InChI=1S/C10H13N3O/c1-11-10(8-4-6-14-7-8)9-3-5-13(2)12-9/h3-7,10-11H,1-2H3. The first-order valence-corrected chi connectivity index (χ1v) is 4.50. The van der Waals surface area contributed by atoms with Crippen molar-refractivity contribution in [2.75, 3.05) is 7.05 Å². The molecule has 0 amide bonds. The first-order valence-electron chi connectivity index (χ1n) is 4.50. The molecule has 0 fully saturated rings. The molecule has 74 valence electrons. The quantitative estimate of drug-likeness (QED) is 0.795. The van der Waals surface area contributed by atoms with Gasteiger partial charge in [0.1, 0.15) is 0 Å². The summed E-state index contributed by atoms with van der Waals surface area (Å²) in [5, 5.41) is 7.55. The van der Waals surface area contributed by atoms with Gasteiger partial charge < -0.3 is 9.73 Å². The number of aryl methyl sites for hydroxylation is 1. The average Bonchev–Trinajstić information content (AvgIpc) is 2.79. The Morgan fingerprint density at radius 2 is 2.36 bits per heavy atom. The molecule has 1 N–H and O–H groups in total. The van der Waals surface area contributed by atoms with Crippen LogP contribution in [0.2, 0.25) is 0 Å². The lowest BCUT2D eigenvalue weighted by Crippen LogP contribution is -2.17. The molecule has 2 heterocycles. The van der Waals surface area contributed by atoms with Crippen molar-refractivity contribution >= 4 is 0 Å². The Balaban J connectivity index is 2.31. The van der Waals surface area contributed by atoms with E-state index in [2.05, 4.69) is 10.4 Å². The predicted octanol–water partition coefficient (Wildman–Crippen LogP) is 1.32. The SMILES string of the molecule is CNC(c1ccoc1)c1ccn(C)n1. The van der Waals surface area contributed by atoms with Crippen LogP contribution in [0.4, 0.5) is 0 Å². The Kier molecular flexibility index (Phi) is 2.37. The van der Waals surface area contributed by atoms with Crippen LogP contribution in [-0.2, 0) is 7.05 Å². The molecule has 4 nitrogen and oxygen atoms in total. The highest BCUT2D eigenvalue weighted by Gasteiger charge is 2.14. The maximum absolute atomic E-state index is 5.05. The van der Waals surface area contributed by atoms with E-state index in [4.69, 9.17) is 4.42 Å². The van der Waals surface area contributed by atoms with Crippen molar-refractivity contribution in [2.45, 2.75) is 6.04 Å². The first-order chi connectivity index (χ1) is 6.81. The Morgan fingerprint density at radius 1 is 1.50 bits per heavy atom. The lowest BCUT2D eigenvalue weighted by atomic mass is 10.1. The first kappa shape index (κ1) is 9.02. The molecule has 0 radical (unpaired) electrons. The smallest absolute Gasteiger partial charge is 0.0954 e. The second-order valence-corrected chi connectivity index (χ2v) is 3.19. The molecule has 2 rings (SSSR count). The Morgan fingerprint density at radius 3 is 2.86 bits per heavy atom. The van der Waals surface area contributed by atoms with E-state index in [1.165, 1.54) is 0 Å². The number of rotatable bonds is 3. The fraction of sp³-hybridized carbons (Fsp3) is 0.300. The molecule has 4 heteroatoms. The molecule has 0 saturated heterocycles. The second-order valence-electron chi connectivity index (χ2n) is 3.19. The van der Waals surface area contributed by atoms with Crippen molar-refractivity contribution in [3.8, 4) is 0 Å². The maximum Gasteiger partial charge on any atom is 0.0954 e. The van der Waals surface area contributed by atoms with Crippen LogP contribution in [0, 0.1) is 0 Å². The van der Waals surface area contributed by atoms with Crippen molar-refractivity contribution in [1.82, 2.24) is 15.1 Å². The Hall–Kier alpha value is -1.55. The number of nitrogens with one attached hydrogen (secondary N) is 1. The average molecular weight is 191 g/mol. The molecule has 0 bridgehead atoms. The topological polar surface area (TPSA) is 43.0 Å². The van der Waals surface area contributed by atoms with Crippen molar-refractivity contribution in [3.05, 3.63) is 42.1 Å². The fourth-order valence-corrected chi connectivity index (χ4v) is 1.51. The zero-order valence-corrected chi connectivity index (χ0v) is 8.27. The molecule has 1 atom stereocenters. The Bertz CT molecular complexity index is 391. The van der Waals surface area contributed by atoms with Gasteiger partial charge in [-0.2, -0.15) is 5.10 Å². The van der Waals surface area contributed by atoms with Gasteiger partial charge in [0.15, 0.2) is 0 Å². The van der Waals surface area contributed by atoms with Crippen LogP contribution in [0.15, 0.2) is 35.3 Å². The molecule has 0 saturated carbocycles. The lowest BCUT2D eigenvalue weighted by Gasteiger charge is -2.10. The zero-order chi connectivity index (χ0) is 9.97. The van der Waals surface area contributed by atoms with E-state index in [9.17, 15) is 0 Å². The van der Waals surface area contributed by atoms with Gasteiger partial charge in [0.05, 0.1) is 24.3 Å². The zero-order valence-electron chi connectivity index (χ0n) is 8.27. The van der Waals surface area contributed by atoms with Crippen molar-refractivity contribution in [2.24, 2.45) is 7.05 Å². The molecule has 1 unspecified atom stereocenters. The van der Waals surface area contributed by atoms with Gasteiger partial charge in [-0.1, -0.05) is 0 Å². The van der Waals surface area contributed by atoms with Crippen molar-refractivity contribution < 1.29 is 4.42 Å². The number of hydrogen-bond donors (Lipinski definition) is 1. The third-order valence-corrected chi connectivity index (χ3v) is 2.20. The number of aromatic nitrogens is 2. The molecule has 0 aromatic carbocycles. The van der Waals surface area contributed by atoms with E-state index in [0.29, 0.717) is 0 Å². The number of nitrogens with zero attached hydrogens (tertiary/aromatic N) is 2. The summed E-state index contributed by atoms with van der Waals surface area (Å²) < 4.78 is 6.84. The van der Waals surface area contributed by atoms with E-state index in [0.717, 1.165) is 11.3 Å².